The summed E-state index contributed by atoms with van der Waals surface area (Å²) in [4.78, 5) is 22.8. The minimum Gasteiger partial charge on any atom is -0.391 e. The van der Waals surface area contributed by atoms with Crippen molar-refractivity contribution in [1.82, 2.24) is 0 Å². The molecule has 1 aliphatic carbocycles. The van der Waals surface area contributed by atoms with Crippen molar-refractivity contribution in [3.05, 3.63) is 11.0 Å². The van der Waals surface area contributed by atoms with Crippen LogP contribution >= 0.6 is 12.6 Å². The molecule has 0 saturated carbocycles. The van der Waals surface area contributed by atoms with Crippen LogP contribution in [0.1, 0.15) is 19.3 Å². The molecule has 2 aliphatic rings. The molecule has 1 aliphatic heterocycles. The second-order valence-corrected chi connectivity index (χ2v) is 3.55. The number of rotatable bonds is 0. The third kappa shape index (κ3) is 0.732. The molecule has 1 fully saturated rings. The van der Waals surface area contributed by atoms with Gasteiger partial charge in [0, 0.05) is 4.91 Å². The highest BCUT2D eigenvalue weighted by atomic mass is 32.1. The maximum Gasteiger partial charge on any atom is 0.336 e. The van der Waals surface area contributed by atoms with Gasteiger partial charge in [-0.2, -0.15) is 0 Å². The molecule has 1 heterocycles. The highest BCUT2D eigenvalue weighted by Gasteiger charge is 2.60. The van der Waals surface area contributed by atoms with Crippen LogP contribution in [-0.4, -0.2) is 11.9 Å². The van der Waals surface area contributed by atoms with Crippen LogP contribution in [0.5, 0.6) is 0 Å². The smallest absolute Gasteiger partial charge is 0.336 e. The fraction of sp³-hybridized carbons (Fsp3) is 0.500. The van der Waals surface area contributed by atoms with Crippen molar-refractivity contribution in [3.63, 3.8) is 0 Å². The summed E-state index contributed by atoms with van der Waals surface area (Å²) in [6.07, 6.45) is 4.12. The lowest BCUT2D eigenvalue weighted by atomic mass is 9.75. The minimum absolute atomic E-state index is 0.437. The maximum atomic E-state index is 11.1. The normalized spacial score (nSPS) is 26.2. The Kier molecular flexibility index (Phi) is 1.54. The number of hydrogen-bond acceptors (Lipinski definition) is 4. The molecular formula is C8H8O3S. The van der Waals surface area contributed by atoms with Crippen molar-refractivity contribution >= 4 is 24.6 Å². The lowest BCUT2D eigenvalue weighted by molar-refractivity contribution is -0.193. The maximum absolute atomic E-state index is 11.1. The first kappa shape index (κ1) is 7.86. The molecule has 4 heteroatoms. The molecule has 0 N–H and O–H groups in total. The van der Waals surface area contributed by atoms with E-state index in [0.29, 0.717) is 11.3 Å². The first-order valence-electron chi connectivity index (χ1n) is 3.84. The molecule has 64 valence electrons. The van der Waals surface area contributed by atoms with Gasteiger partial charge in [0.05, 0.1) is 0 Å². The van der Waals surface area contributed by atoms with Gasteiger partial charge in [0.15, 0.2) is 5.41 Å². The zero-order chi connectivity index (χ0) is 8.77. The number of carbonyl (C=O) groups excluding carboxylic acids is 2. The molecule has 12 heavy (non-hydrogen) atoms. The predicted octanol–water partition coefficient (Wildman–Crippen LogP) is 1.05. The molecule has 1 spiro atoms. The Morgan fingerprint density at radius 3 is 2.50 bits per heavy atom. The average molecular weight is 184 g/mol. The van der Waals surface area contributed by atoms with Crippen molar-refractivity contribution in [2.75, 3.05) is 0 Å². The minimum atomic E-state index is -0.999. The lowest BCUT2D eigenvalue weighted by Crippen LogP contribution is -2.54. The van der Waals surface area contributed by atoms with Crippen molar-refractivity contribution in [1.29, 1.82) is 0 Å². The Balaban J connectivity index is 2.41. The number of esters is 2. The quantitative estimate of drug-likeness (QED) is 0.347. The zero-order valence-electron chi connectivity index (χ0n) is 6.37. The number of cyclic esters (lactones) is 2. The van der Waals surface area contributed by atoms with Crippen molar-refractivity contribution in [3.8, 4) is 0 Å². The fourth-order valence-corrected chi connectivity index (χ4v) is 2.04. The topological polar surface area (TPSA) is 43.4 Å². The van der Waals surface area contributed by atoms with Gasteiger partial charge in [-0.05, 0) is 19.3 Å². The predicted molar refractivity (Wildman–Crippen MR) is 44.5 cm³/mol. The van der Waals surface area contributed by atoms with Crippen LogP contribution in [0.4, 0.5) is 0 Å². The van der Waals surface area contributed by atoms with Crippen molar-refractivity contribution in [2.45, 2.75) is 19.3 Å². The van der Waals surface area contributed by atoms with Crippen LogP contribution in [0.3, 0.4) is 0 Å². The van der Waals surface area contributed by atoms with Crippen LogP contribution in [0.25, 0.3) is 0 Å². The summed E-state index contributed by atoms with van der Waals surface area (Å²) in [6.45, 7) is 0. The first-order chi connectivity index (χ1) is 5.68. The van der Waals surface area contributed by atoms with Gasteiger partial charge >= 0.3 is 11.9 Å². The second kappa shape index (κ2) is 2.36. The Bertz CT molecular complexity index is 279. The highest BCUT2D eigenvalue weighted by molar-refractivity contribution is 7.84. The number of ether oxygens (including phenoxy) is 1. The van der Waals surface area contributed by atoms with Crippen molar-refractivity contribution in [2.24, 2.45) is 5.41 Å². The molecule has 0 amide bonds. The van der Waals surface area contributed by atoms with Gasteiger partial charge < -0.3 is 4.74 Å². The monoisotopic (exact) mass is 184 g/mol. The van der Waals surface area contributed by atoms with E-state index >= 15 is 0 Å². The van der Waals surface area contributed by atoms with E-state index in [9.17, 15) is 9.59 Å². The van der Waals surface area contributed by atoms with E-state index in [1.54, 1.807) is 0 Å². The number of hydrogen-bond donors (Lipinski definition) is 1. The molecular weight excluding hydrogens is 176 g/mol. The van der Waals surface area contributed by atoms with Gasteiger partial charge in [0.25, 0.3) is 0 Å². The molecule has 3 nitrogen and oxygen atoms in total. The van der Waals surface area contributed by atoms with E-state index in [0.717, 1.165) is 12.8 Å². The van der Waals surface area contributed by atoms with Crippen LogP contribution in [-0.2, 0) is 14.3 Å². The standard InChI is InChI=1S/C8H8O3S/c9-6-8(7(10)11-6)4-2-1-3-5(8)12/h3,12H,1-2,4H2. The van der Waals surface area contributed by atoms with E-state index in [1.165, 1.54) is 0 Å². The summed E-state index contributed by atoms with van der Waals surface area (Å²) >= 11 is 4.13. The molecule has 0 atom stereocenters. The third-order valence-corrected chi connectivity index (χ3v) is 2.98. The molecule has 2 rings (SSSR count). The Morgan fingerprint density at radius 2 is 2.08 bits per heavy atom. The Morgan fingerprint density at radius 1 is 1.42 bits per heavy atom. The Labute approximate surface area is 75.2 Å². The second-order valence-electron chi connectivity index (χ2n) is 3.06. The molecule has 0 aromatic heterocycles. The summed E-state index contributed by atoms with van der Waals surface area (Å²) in [5.74, 6) is -0.873. The molecule has 1 saturated heterocycles. The third-order valence-electron chi connectivity index (χ3n) is 2.41. The fourth-order valence-electron chi connectivity index (χ4n) is 1.62. The summed E-state index contributed by atoms with van der Waals surface area (Å²) in [7, 11) is 0. The van der Waals surface area contributed by atoms with Gasteiger partial charge in [-0.25, -0.2) is 9.59 Å². The van der Waals surface area contributed by atoms with Crippen LogP contribution < -0.4 is 0 Å². The first-order valence-corrected chi connectivity index (χ1v) is 4.29. The van der Waals surface area contributed by atoms with E-state index in [-0.39, 0.29) is 0 Å². The van der Waals surface area contributed by atoms with Gasteiger partial charge in [0.1, 0.15) is 0 Å². The molecule has 0 aromatic carbocycles. The summed E-state index contributed by atoms with van der Waals surface area (Å²) in [5.41, 5.74) is -0.999. The molecule has 0 aromatic rings. The van der Waals surface area contributed by atoms with E-state index in [4.69, 9.17) is 0 Å². The average Bonchev–Trinajstić information content (AvgIpc) is 2.05. The van der Waals surface area contributed by atoms with E-state index in [2.05, 4.69) is 17.4 Å². The van der Waals surface area contributed by atoms with Gasteiger partial charge in [-0.3, -0.25) is 0 Å². The van der Waals surface area contributed by atoms with Crippen LogP contribution in [0.15, 0.2) is 11.0 Å². The molecule has 0 bridgehead atoms. The van der Waals surface area contributed by atoms with Crippen LogP contribution in [0.2, 0.25) is 0 Å². The summed E-state index contributed by atoms with van der Waals surface area (Å²) < 4.78 is 4.34. The number of thiol groups is 1. The SMILES string of the molecule is O=C1OC(=O)C12CCCC=C2S. The van der Waals surface area contributed by atoms with E-state index < -0.39 is 17.4 Å². The lowest BCUT2D eigenvalue weighted by Gasteiger charge is -2.38. The largest absolute Gasteiger partial charge is 0.391 e. The summed E-state index contributed by atoms with van der Waals surface area (Å²) in [6, 6.07) is 0. The van der Waals surface area contributed by atoms with Crippen LogP contribution in [0, 0.1) is 5.41 Å². The number of allylic oxidation sites excluding steroid dienone is 1. The zero-order valence-corrected chi connectivity index (χ0v) is 7.27. The molecule has 0 unspecified atom stereocenters. The molecule has 0 radical (unpaired) electrons. The van der Waals surface area contributed by atoms with Gasteiger partial charge in [-0.1, -0.05) is 6.08 Å². The highest BCUT2D eigenvalue weighted by Crippen LogP contribution is 2.47. The van der Waals surface area contributed by atoms with E-state index in [1.807, 2.05) is 6.08 Å². The van der Waals surface area contributed by atoms with Gasteiger partial charge in [-0.15, -0.1) is 12.6 Å². The van der Waals surface area contributed by atoms with Gasteiger partial charge in [0.2, 0.25) is 0 Å². The number of carbonyl (C=O) groups is 2. The summed E-state index contributed by atoms with van der Waals surface area (Å²) in [5, 5.41) is 0. The van der Waals surface area contributed by atoms with Crippen molar-refractivity contribution < 1.29 is 14.3 Å². The Hall–Kier alpha value is -0.770.